The Balaban J connectivity index is 2.24. The molecule has 1 amide bonds. The molecule has 0 fully saturated rings. The summed E-state index contributed by atoms with van der Waals surface area (Å²) in [5.41, 5.74) is -0.788. The van der Waals surface area contributed by atoms with Gasteiger partial charge in [-0.2, -0.15) is 0 Å². The van der Waals surface area contributed by atoms with E-state index in [9.17, 15) is 9.59 Å². The molecular formula is C13H16N2O3. The molecule has 1 aliphatic heterocycles. The number of hydrogen-bond donors (Lipinski definition) is 1. The Morgan fingerprint density at radius 2 is 1.89 bits per heavy atom. The fraction of sp³-hybridized carbons (Fsp3) is 0.385. The molecule has 96 valence electrons. The lowest BCUT2D eigenvalue weighted by atomic mass is 10.0. The molecule has 1 aromatic heterocycles. The van der Waals surface area contributed by atoms with Crippen molar-refractivity contribution in [1.82, 2.24) is 9.47 Å². The molecule has 0 saturated heterocycles. The van der Waals surface area contributed by atoms with Gasteiger partial charge >= 0.3 is 5.97 Å². The Hall–Kier alpha value is -2.04. The van der Waals surface area contributed by atoms with Crippen LogP contribution in [0.25, 0.3) is 0 Å². The predicted octanol–water partition coefficient (Wildman–Crippen LogP) is 1.07. The minimum absolute atomic E-state index is 0.198. The minimum atomic E-state index is -1.000. The van der Waals surface area contributed by atoms with Crippen LogP contribution in [0.4, 0.5) is 0 Å². The molecule has 1 N–H and O–H groups in total. The molecule has 0 spiro atoms. The van der Waals surface area contributed by atoms with E-state index in [1.165, 1.54) is 4.90 Å². The number of carbonyl (C=O) groups is 2. The molecule has 1 aliphatic rings. The summed E-state index contributed by atoms with van der Waals surface area (Å²) in [7, 11) is 0. The summed E-state index contributed by atoms with van der Waals surface area (Å²) in [6.07, 6.45) is 6.86. The SMILES string of the molecule is CC(C)(C(=O)N1CC=C[C@@H]1C(=O)O)n1cccc1. The van der Waals surface area contributed by atoms with E-state index in [1.807, 2.05) is 12.1 Å². The number of amides is 1. The van der Waals surface area contributed by atoms with Gasteiger partial charge in [0.25, 0.3) is 0 Å². The van der Waals surface area contributed by atoms with Crippen molar-refractivity contribution >= 4 is 11.9 Å². The van der Waals surface area contributed by atoms with Crippen LogP contribution in [-0.4, -0.2) is 39.0 Å². The van der Waals surface area contributed by atoms with Gasteiger partial charge in [-0.3, -0.25) is 4.79 Å². The van der Waals surface area contributed by atoms with Crippen molar-refractivity contribution in [1.29, 1.82) is 0 Å². The van der Waals surface area contributed by atoms with Crippen LogP contribution in [0, 0.1) is 0 Å². The molecule has 5 nitrogen and oxygen atoms in total. The zero-order valence-corrected chi connectivity index (χ0v) is 10.4. The second-order valence-electron chi connectivity index (χ2n) is 4.82. The first-order valence-electron chi connectivity index (χ1n) is 5.78. The van der Waals surface area contributed by atoms with Crippen LogP contribution in [0.2, 0.25) is 0 Å². The maximum atomic E-state index is 12.5. The van der Waals surface area contributed by atoms with Crippen molar-refractivity contribution in [3.63, 3.8) is 0 Å². The van der Waals surface area contributed by atoms with Gasteiger partial charge in [-0.05, 0) is 26.0 Å². The van der Waals surface area contributed by atoms with Gasteiger partial charge in [-0.25, -0.2) is 4.79 Å². The van der Waals surface area contributed by atoms with Gasteiger partial charge < -0.3 is 14.6 Å². The number of carboxylic acids is 1. The molecule has 0 bridgehead atoms. The highest BCUT2D eigenvalue weighted by Crippen LogP contribution is 2.22. The normalized spacial score (nSPS) is 19.2. The molecule has 0 radical (unpaired) electrons. The second-order valence-corrected chi connectivity index (χ2v) is 4.82. The van der Waals surface area contributed by atoms with Gasteiger partial charge in [0.1, 0.15) is 11.6 Å². The van der Waals surface area contributed by atoms with Crippen LogP contribution in [0.3, 0.4) is 0 Å². The quantitative estimate of drug-likeness (QED) is 0.814. The molecular weight excluding hydrogens is 232 g/mol. The molecule has 0 aliphatic carbocycles. The van der Waals surface area contributed by atoms with Crippen molar-refractivity contribution in [2.75, 3.05) is 6.54 Å². The number of hydrogen-bond acceptors (Lipinski definition) is 2. The third kappa shape index (κ3) is 1.92. The molecule has 0 saturated carbocycles. The highest BCUT2D eigenvalue weighted by Gasteiger charge is 2.39. The maximum absolute atomic E-state index is 12.5. The predicted molar refractivity (Wildman–Crippen MR) is 66.0 cm³/mol. The summed E-state index contributed by atoms with van der Waals surface area (Å²) < 4.78 is 1.78. The Morgan fingerprint density at radius 1 is 1.28 bits per heavy atom. The van der Waals surface area contributed by atoms with Crippen molar-refractivity contribution in [3.05, 3.63) is 36.7 Å². The summed E-state index contributed by atoms with van der Waals surface area (Å²) in [5.74, 6) is -1.20. The number of aromatic nitrogens is 1. The van der Waals surface area contributed by atoms with Gasteiger partial charge in [-0.1, -0.05) is 12.2 Å². The van der Waals surface area contributed by atoms with E-state index in [2.05, 4.69) is 0 Å². The fourth-order valence-corrected chi connectivity index (χ4v) is 2.11. The Morgan fingerprint density at radius 3 is 2.44 bits per heavy atom. The van der Waals surface area contributed by atoms with E-state index in [1.54, 1.807) is 43.0 Å². The minimum Gasteiger partial charge on any atom is -0.479 e. The molecule has 18 heavy (non-hydrogen) atoms. The number of carbonyl (C=O) groups excluding carboxylic acids is 1. The second kappa shape index (κ2) is 4.33. The summed E-state index contributed by atoms with van der Waals surface area (Å²) in [6, 6.07) is 2.82. The lowest BCUT2D eigenvalue weighted by molar-refractivity contribution is -0.150. The van der Waals surface area contributed by atoms with Gasteiger partial charge in [-0.15, -0.1) is 0 Å². The van der Waals surface area contributed by atoms with Crippen LogP contribution >= 0.6 is 0 Å². The monoisotopic (exact) mass is 248 g/mol. The Labute approximate surface area is 105 Å². The third-order valence-electron chi connectivity index (χ3n) is 3.24. The first-order valence-corrected chi connectivity index (χ1v) is 5.78. The van der Waals surface area contributed by atoms with E-state index < -0.39 is 17.6 Å². The standard InChI is InChI=1S/C13H16N2O3/c1-13(2,14-7-3-4-8-14)12(18)15-9-5-6-10(15)11(16)17/h3-8,10H,9H2,1-2H3,(H,16,17)/t10-/m1/s1. The van der Waals surface area contributed by atoms with Crippen molar-refractivity contribution in [3.8, 4) is 0 Å². The highest BCUT2D eigenvalue weighted by molar-refractivity contribution is 5.90. The van der Waals surface area contributed by atoms with Crippen molar-refractivity contribution < 1.29 is 14.7 Å². The number of carboxylic acid groups (broad SMARTS) is 1. The topological polar surface area (TPSA) is 62.5 Å². The number of aliphatic carboxylic acids is 1. The van der Waals surface area contributed by atoms with E-state index in [-0.39, 0.29) is 5.91 Å². The summed E-state index contributed by atoms with van der Waals surface area (Å²) >= 11 is 0. The van der Waals surface area contributed by atoms with Gasteiger partial charge in [0.15, 0.2) is 0 Å². The summed E-state index contributed by atoms with van der Waals surface area (Å²) in [4.78, 5) is 24.9. The molecule has 2 rings (SSSR count). The number of rotatable bonds is 3. The zero-order valence-electron chi connectivity index (χ0n) is 10.4. The van der Waals surface area contributed by atoms with Crippen LogP contribution < -0.4 is 0 Å². The molecule has 0 aromatic carbocycles. The Bertz CT molecular complexity index is 488. The average molecular weight is 248 g/mol. The average Bonchev–Trinajstić information content (AvgIpc) is 2.98. The van der Waals surface area contributed by atoms with E-state index in [4.69, 9.17) is 5.11 Å². The zero-order chi connectivity index (χ0) is 13.3. The van der Waals surface area contributed by atoms with Gasteiger partial charge in [0.05, 0.1) is 0 Å². The summed E-state index contributed by atoms with van der Waals surface area (Å²) in [5, 5.41) is 9.08. The largest absolute Gasteiger partial charge is 0.479 e. The van der Waals surface area contributed by atoms with Gasteiger partial charge in [0, 0.05) is 18.9 Å². The van der Waals surface area contributed by atoms with E-state index in [0.717, 1.165) is 0 Å². The van der Waals surface area contributed by atoms with Crippen LogP contribution in [0.5, 0.6) is 0 Å². The van der Waals surface area contributed by atoms with Gasteiger partial charge in [0.2, 0.25) is 5.91 Å². The van der Waals surface area contributed by atoms with Crippen LogP contribution in [0.1, 0.15) is 13.8 Å². The van der Waals surface area contributed by atoms with Crippen LogP contribution in [0.15, 0.2) is 36.7 Å². The molecule has 1 aromatic rings. The lowest BCUT2D eigenvalue weighted by Gasteiger charge is -2.32. The first-order chi connectivity index (χ1) is 8.44. The van der Waals surface area contributed by atoms with Crippen molar-refractivity contribution in [2.24, 2.45) is 0 Å². The molecule has 1 atom stereocenters. The molecule has 0 unspecified atom stereocenters. The fourth-order valence-electron chi connectivity index (χ4n) is 2.11. The van der Waals surface area contributed by atoms with Crippen molar-refractivity contribution in [2.45, 2.75) is 25.4 Å². The lowest BCUT2D eigenvalue weighted by Crippen LogP contribution is -2.50. The maximum Gasteiger partial charge on any atom is 0.330 e. The van der Waals surface area contributed by atoms with Crippen LogP contribution in [-0.2, 0) is 15.1 Å². The van der Waals surface area contributed by atoms with E-state index >= 15 is 0 Å². The summed E-state index contributed by atoms with van der Waals surface area (Å²) in [6.45, 7) is 3.92. The first kappa shape index (κ1) is 12.4. The Kier molecular flexibility index (Phi) is 2.98. The number of nitrogens with zero attached hydrogens (tertiary/aromatic N) is 2. The van der Waals surface area contributed by atoms with E-state index in [0.29, 0.717) is 6.54 Å². The molecule has 2 heterocycles. The molecule has 5 heteroatoms. The smallest absolute Gasteiger partial charge is 0.330 e. The third-order valence-corrected chi connectivity index (χ3v) is 3.24. The highest BCUT2D eigenvalue weighted by atomic mass is 16.4.